The fourth-order valence-corrected chi connectivity index (χ4v) is 4.56. The van der Waals surface area contributed by atoms with Crippen LogP contribution < -0.4 is 4.90 Å². The summed E-state index contributed by atoms with van der Waals surface area (Å²) in [6.07, 6.45) is 16.3. The summed E-state index contributed by atoms with van der Waals surface area (Å²) in [5.41, 5.74) is 0.598. The van der Waals surface area contributed by atoms with Crippen LogP contribution in [0.2, 0.25) is 0 Å². The van der Waals surface area contributed by atoms with Gasteiger partial charge in [-0.1, -0.05) is 32.1 Å². The Morgan fingerprint density at radius 1 is 1.00 bits per heavy atom. The van der Waals surface area contributed by atoms with Crippen molar-refractivity contribution in [3.63, 3.8) is 0 Å². The van der Waals surface area contributed by atoms with Crippen LogP contribution in [0.25, 0.3) is 0 Å². The van der Waals surface area contributed by atoms with E-state index in [1.807, 2.05) is 0 Å². The molecule has 0 atom stereocenters. The van der Waals surface area contributed by atoms with Crippen molar-refractivity contribution in [3.8, 4) is 0 Å². The highest BCUT2D eigenvalue weighted by molar-refractivity contribution is 7.92. The lowest BCUT2D eigenvalue weighted by Crippen LogP contribution is -2.37. The van der Waals surface area contributed by atoms with E-state index in [1.54, 1.807) is 24.9 Å². The summed E-state index contributed by atoms with van der Waals surface area (Å²) in [7, 11) is -2.15. The maximum Gasteiger partial charge on any atom is 0.225 e. The Labute approximate surface area is 140 Å². The van der Waals surface area contributed by atoms with Crippen molar-refractivity contribution in [1.82, 2.24) is 9.97 Å². The highest BCUT2D eigenvalue weighted by Gasteiger charge is 2.28. The van der Waals surface area contributed by atoms with Gasteiger partial charge in [0.25, 0.3) is 0 Å². The highest BCUT2D eigenvalue weighted by atomic mass is 32.2. The molecule has 5 nitrogen and oxygen atoms in total. The predicted molar refractivity (Wildman–Crippen MR) is 95.6 cm³/mol. The lowest BCUT2D eigenvalue weighted by molar-refractivity contribution is 0.212. The van der Waals surface area contributed by atoms with E-state index in [2.05, 4.69) is 19.2 Å². The Kier molecular flexibility index (Phi) is 5.19. The molecule has 0 aromatic carbocycles. The normalized spacial score (nSPS) is 21.4. The number of aromatic nitrogens is 2. The van der Waals surface area contributed by atoms with Crippen LogP contribution >= 0.6 is 0 Å². The predicted octanol–water partition coefficient (Wildman–Crippen LogP) is 3.63. The number of hydrogen-bond donors (Lipinski definition) is 0. The summed E-state index contributed by atoms with van der Waals surface area (Å²) in [5, 5.41) is 0. The molecule has 1 saturated carbocycles. The second-order valence-electron chi connectivity index (χ2n) is 7.24. The molecule has 2 heterocycles. The Balaban J connectivity index is 1.58. The average molecular weight is 337 g/mol. The molecule has 0 bridgehead atoms. The van der Waals surface area contributed by atoms with E-state index < -0.39 is 9.73 Å². The largest absolute Gasteiger partial charge is 0.341 e. The summed E-state index contributed by atoms with van der Waals surface area (Å²) < 4.78 is 15.8. The fraction of sp³-hybridized carbons (Fsp3) is 0.765. The van der Waals surface area contributed by atoms with Gasteiger partial charge in [-0.3, -0.25) is 0 Å². The number of rotatable bonds is 3. The molecular weight excluding hydrogens is 308 g/mol. The lowest BCUT2D eigenvalue weighted by atomic mass is 9.76. The number of hydrogen-bond acceptors (Lipinski definition) is 5. The van der Waals surface area contributed by atoms with Crippen LogP contribution in [-0.4, -0.2) is 39.8 Å². The van der Waals surface area contributed by atoms with Gasteiger partial charge in [-0.15, -0.1) is 0 Å². The summed E-state index contributed by atoms with van der Waals surface area (Å²) in [6, 6.07) is 0. The Morgan fingerprint density at radius 2 is 1.57 bits per heavy atom. The Bertz CT molecular complexity index is 614. The van der Waals surface area contributed by atoms with Crippen molar-refractivity contribution >= 4 is 21.4 Å². The maximum absolute atomic E-state index is 11.7. The first-order chi connectivity index (χ1) is 11.0. The van der Waals surface area contributed by atoms with Crippen LogP contribution in [-0.2, 0) is 9.73 Å². The zero-order chi connectivity index (χ0) is 16.3. The van der Waals surface area contributed by atoms with Crippen molar-refractivity contribution in [2.45, 2.75) is 44.9 Å². The van der Waals surface area contributed by atoms with Crippen molar-refractivity contribution < 1.29 is 4.21 Å². The van der Waals surface area contributed by atoms with E-state index in [0.29, 0.717) is 5.69 Å². The molecule has 128 valence electrons. The maximum atomic E-state index is 11.7. The molecule has 23 heavy (non-hydrogen) atoms. The zero-order valence-electron chi connectivity index (χ0n) is 14.3. The van der Waals surface area contributed by atoms with Crippen LogP contribution in [0.1, 0.15) is 44.9 Å². The number of piperidine rings is 1. The zero-order valence-corrected chi connectivity index (χ0v) is 15.1. The molecule has 0 unspecified atom stereocenters. The third kappa shape index (κ3) is 4.66. The van der Waals surface area contributed by atoms with E-state index in [1.165, 1.54) is 44.9 Å². The molecule has 3 rings (SSSR count). The van der Waals surface area contributed by atoms with Crippen LogP contribution in [0.5, 0.6) is 0 Å². The summed E-state index contributed by atoms with van der Waals surface area (Å²) in [4.78, 5) is 11.1. The standard InChI is InChI=1S/C17H28N4OS/c1-23(2,22)20-16-12-18-17(19-13-16)21-10-8-15(9-11-21)14-6-4-3-5-7-14/h12-15H,3-11H2,1-2H3. The molecule has 1 aliphatic carbocycles. The Hall–Kier alpha value is -1.17. The monoisotopic (exact) mass is 336 g/mol. The molecule has 0 N–H and O–H groups in total. The quantitative estimate of drug-likeness (QED) is 0.845. The molecule has 2 aliphatic rings. The topological polar surface area (TPSA) is 58.5 Å². The van der Waals surface area contributed by atoms with Gasteiger partial charge in [0, 0.05) is 35.3 Å². The van der Waals surface area contributed by atoms with Gasteiger partial charge in [0.15, 0.2) is 0 Å². The smallest absolute Gasteiger partial charge is 0.225 e. The molecule has 2 fully saturated rings. The first kappa shape index (κ1) is 16.7. The molecule has 0 amide bonds. The van der Waals surface area contributed by atoms with Crippen molar-refractivity contribution in [2.75, 3.05) is 30.5 Å². The van der Waals surface area contributed by atoms with Crippen molar-refractivity contribution in [1.29, 1.82) is 0 Å². The molecule has 6 heteroatoms. The van der Waals surface area contributed by atoms with Gasteiger partial charge in [0.05, 0.1) is 12.4 Å². The lowest BCUT2D eigenvalue weighted by Gasteiger charge is -2.37. The molecule has 0 spiro atoms. The molecule has 1 aromatic rings. The van der Waals surface area contributed by atoms with E-state index in [0.717, 1.165) is 30.9 Å². The average Bonchev–Trinajstić information content (AvgIpc) is 2.55. The first-order valence-electron chi connectivity index (χ1n) is 8.75. The SMILES string of the molecule is CS(C)(=O)=Nc1cnc(N2CCC(C3CCCCC3)CC2)nc1. The van der Waals surface area contributed by atoms with Gasteiger partial charge < -0.3 is 4.90 Å². The third-order valence-electron chi connectivity index (χ3n) is 5.09. The second kappa shape index (κ2) is 7.16. The summed E-state index contributed by atoms with van der Waals surface area (Å²) in [5.74, 6) is 2.63. The van der Waals surface area contributed by atoms with Gasteiger partial charge in [-0.2, -0.15) is 4.36 Å². The second-order valence-corrected chi connectivity index (χ2v) is 9.78. The van der Waals surface area contributed by atoms with E-state index >= 15 is 0 Å². The minimum atomic E-state index is -2.15. The highest BCUT2D eigenvalue weighted by Crippen LogP contribution is 2.36. The van der Waals surface area contributed by atoms with E-state index in [4.69, 9.17) is 0 Å². The first-order valence-corrected chi connectivity index (χ1v) is 11.1. The van der Waals surface area contributed by atoms with Gasteiger partial charge in [-0.05, 0) is 24.7 Å². The van der Waals surface area contributed by atoms with Crippen LogP contribution in [0.3, 0.4) is 0 Å². The fourth-order valence-electron chi connectivity index (χ4n) is 3.96. The van der Waals surface area contributed by atoms with Gasteiger partial charge in [0.2, 0.25) is 5.95 Å². The van der Waals surface area contributed by atoms with Crippen LogP contribution in [0.4, 0.5) is 11.6 Å². The molecular formula is C17H28N4OS. The van der Waals surface area contributed by atoms with Crippen LogP contribution in [0.15, 0.2) is 16.8 Å². The van der Waals surface area contributed by atoms with Crippen LogP contribution in [0, 0.1) is 11.8 Å². The van der Waals surface area contributed by atoms with Gasteiger partial charge in [0.1, 0.15) is 5.69 Å². The van der Waals surface area contributed by atoms with Crippen molar-refractivity contribution in [3.05, 3.63) is 12.4 Å². The van der Waals surface area contributed by atoms with E-state index in [-0.39, 0.29) is 0 Å². The third-order valence-corrected chi connectivity index (χ3v) is 5.74. The molecule has 0 radical (unpaired) electrons. The minimum Gasteiger partial charge on any atom is -0.341 e. The van der Waals surface area contributed by atoms with Gasteiger partial charge in [-0.25, -0.2) is 14.2 Å². The van der Waals surface area contributed by atoms with E-state index in [9.17, 15) is 4.21 Å². The Morgan fingerprint density at radius 3 is 2.13 bits per heavy atom. The minimum absolute atomic E-state index is 0.598. The van der Waals surface area contributed by atoms with Gasteiger partial charge >= 0.3 is 0 Å². The molecule has 1 aromatic heterocycles. The molecule has 1 aliphatic heterocycles. The molecule has 1 saturated heterocycles. The number of anilines is 1. The summed E-state index contributed by atoms with van der Waals surface area (Å²) in [6.45, 7) is 2.10. The summed E-state index contributed by atoms with van der Waals surface area (Å²) >= 11 is 0. The van der Waals surface area contributed by atoms with Crippen molar-refractivity contribution in [2.24, 2.45) is 16.2 Å². The number of nitrogens with zero attached hydrogens (tertiary/aromatic N) is 4.